The zero-order valence-electron chi connectivity index (χ0n) is 18.9. The maximum atomic E-state index is 11.7. The highest BCUT2D eigenvalue weighted by Crippen LogP contribution is 2.06. The van der Waals surface area contributed by atoms with E-state index in [1.807, 2.05) is 12.2 Å². The van der Waals surface area contributed by atoms with Crippen LogP contribution >= 0.6 is 0 Å². The monoisotopic (exact) mass is 422 g/mol. The molecule has 0 saturated heterocycles. The van der Waals surface area contributed by atoms with E-state index in [9.17, 15) is 9.59 Å². The number of hydrogen-bond donors (Lipinski definition) is 2. The van der Waals surface area contributed by atoms with Crippen molar-refractivity contribution in [2.45, 2.75) is 103 Å². The number of nitrogens with two attached hydrogens (primary N) is 2. The molecule has 2 unspecified atom stereocenters. The second kappa shape index (κ2) is 20.4. The summed E-state index contributed by atoms with van der Waals surface area (Å²) in [5.41, 5.74) is 11.4. The Hall–Kier alpha value is -1.92. The summed E-state index contributed by atoms with van der Waals surface area (Å²) < 4.78 is 9.97. The molecule has 30 heavy (non-hydrogen) atoms. The van der Waals surface area contributed by atoms with E-state index >= 15 is 0 Å². The molecule has 0 bridgehead atoms. The van der Waals surface area contributed by atoms with Gasteiger partial charge in [-0.3, -0.25) is 11.5 Å². The molecule has 4 N–H and O–H groups in total. The van der Waals surface area contributed by atoms with E-state index in [-0.39, 0.29) is 0 Å². The summed E-state index contributed by atoms with van der Waals surface area (Å²) in [5.74, 6) is -1.41. The molecule has 0 rings (SSSR count). The molecule has 6 heteroatoms. The third kappa shape index (κ3) is 19.4. The van der Waals surface area contributed by atoms with Crippen LogP contribution in [0.3, 0.4) is 0 Å². The van der Waals surface area contributed by atoms with Crippen molar-refractivity contribution in [2.75, 3.05) is 0 Å². The van der Waals surface area contributed by atoms with Gasteiger partial charge in [0, 0.05) is 12.2 Å². The minimum absolute atomic E-state index is 0.705. The molecule has 0 aromatic carbocycles. The lowest BCUT2D eigenvalue weighted by Gasteiger charge is -2.08. The lowest BCUT2D eigenvalue weighted by atomic mass is 10.1. The van der Waals surface area contributed by atoms with Gasteiger partial charge in [-0.2, -0.15) is 0 Å². The number of allylic oxidation sites excluding steroid dienone is 2. The number of unbranched alkanes of at least 4 members (excludes halogenated alkanes) is 10. The zero-order chi connectivity index (χ0) is 22.5. The maximum Gasteiger partial charge on any atom is 0.332 e. The Morgan fingerprint density at radius 2 is 1.03 bits per heavy atom. The molecule has 0 aliphatic rings. The van der Waals surface area contributed by atoms with Crippen LogP contribution in [-0.4, -0.2) is 24.4 Å². The van der Waals surface area contributed by atoms with Gasteiger partial charge in [-0.1, -0.05) is 77.4 Å². The molecule has 0 aliphatic heterocycles. The van der Waals surface area contributed by atoms with E-state index in [1.54, 1.807) is 12.2 Å². The highest BCUT2D eigenvalue weighted by Gasteiger charge is 2.07. The second-order valence-corrected chi connectivity index (χ2v) is 7.40. The van der Waals surface area contributed by atoms with Gasteiger partial charge in [0.2, 0.25) is 0 Å². The smallest absolute Gasteiger partial charge is 0.332 e. The summed E-state index contributed by atoms with van der Waals surface area (Å²) >= 11 is 0. The van der Waals surface area contributed by atoms with E-state index in [0.29, 0.717) is 0 Å². The minimum atomic E-state index is -0.837. The quantitative estimate of drug-likeness (QED) is 0.105. The number of carbonyl (C=O) groups is 2. The SMILES string of the molecule is CCCCCCCC=CC(N)OC(=O)/C=C\C(=O)OC(N)C=CCCCCCCC. The van der Waals surface area contributed by atoms with Gasteiger partial charge in [-0.15, -0.1) is 0 Å². The fourth-order valence-electron chi connectivity index (χ4n) is 2.75. The van der Waals surface area contributed by atoms with E-state index in [2.05, 4.69) is 13.8 Å². The van der Waals surface area contributed by atoms with Crippen LogP contribution in [-0.2, 0) is 19.1 Å². The van der Waals surface area contributed by atoms with Gasteiger partial charge in [-0.05, 0) is 37.8 Å². The van der Waals surface area contributed by atoms with Crippen LogP contribution in [0.15, 0.2) is 36.5 Å². The molecular weight excluding hydrogens is 380 g/mol. The first-order valence-electron chi connectivity index (χ1n) is 11.4. The Balaban J connectivity index is 3.95. The molecule has 0 amide bonds. The molecule has 0 fully saturated rings. The number of esters is 2. The van der Waals surface area contributed by atoms with Crippen molar-refractivity contribution in [1.82, 2.24) is 0 Å². The summed E-state index contributed by atoms with van der Waals surface area (Å²) in [6.45, 7) is 4.37. The van der Waals surface area contributed by atoms with Crippen molar-refractivity contribution in [3.8, 4) is 0 Å². The number of hydrogen-bond acceptors (Lipinski definition) is 6. The van der Waals surface area contributed by atoms with Gasteiger partial charge in [0.1, 0.15) is 0 Å². The summed E-state index contributed by atoms with van der Waals surface area (Å²) in [5, 5.41) is 0. The van der Waals surface area contributed by atoms with Gasteiger partial charge in [-0.25, -0.2) is 9.59 Å². The fraction of sp³-hybridized carbons (Fsp3) is 0.667. The third-order valence-corrected chi connectivity index (χ3v) is 4.46. The lowest BCUT2D eigenvalue weighted by Crippen LogP contribution is -2.25. The Kier molecular flexibility index (Phi) is 19.1. The summed E-state index contributed by atoms with van der Waals surface area (Å²) in [6.07, 6.45) is 21.2. The highest BCUT2D eigenvalue weighted by atomic mass is 16.6. The topological polar surface area (TPSA) is 105 Å². The van der Waals surface area contributed by atoms with Crippen LogP contribution in [0.25, 0.3) is 0 Å². The summed E-state index contributed by atoms with van der Waals surface area (Å²) in [6, 6.07) is 0. The molecule has 0 spiro atoms. The van der Waals surface area contributed by atoms with Gasteiger partial charge in [0.15, 0.2) is 12.5 Å². The molecular formula is C24H42N2O4. The zero-order valence-corrected chi connectivity index (χ0v) is 18.9. The molecule has 2 atom stereocenters. The molecule has 0 aromatic rings. The maximum absolute atomic E-state index is 11.7. The Morgan fingerprint density at radius 1 is 0.667 bits per heavy atom. The van der Waals surface area contributed by atoms with Gasteiger partial charge < -0.3 is 9.47 Å². The van der Waals surface area contributed by atoms with Crippen molar-refractivity contribution < 1.29 is 19.1 Å². The first-order valence-corrected chi connectivity index (χ1v) is 11.4. The standard InChI is InChI=1S/C24H42N2O4/c1-3-5-7-9-11-13-15-17-21(25)29-23(27)19-20-24(28)30-22(26)18-16-14-12-10-8-6-4-2/h15-22H,3-14,25-26H2,1-2H3/b17-15?,18-16?,20-19-. The van der Waals surface area contributed by atoms with Crippen LogP contribution < -0.4 is 11.5 Å². The average Bonchev–Trinajstić information content (AvgIpc) is 2.71. The molecule has 0 radical (unpaired) electrons. The average molecular weight is 423 g/mol. The Morgan fingerprint density at radius 3 is 1.40 bits per heavy atom. The van der Waals surface area contributed by atoms with E-state index in [0.717, 1.165) is 37.8 Å². The van der Waals surface area contributed by atoms with Crippen molar-refractivity contribution in [1.29, 1.82) is 0 Å². The van der Waals surface area contributed by atoms with Crippen LogP contribution in [0.2, 0.25) is 0 Å². The van der Waals surface area contributed by atoms with Crippen molar-refractivity contribution in [3.05, 3.63) is 36.5 Å². The second-order valence-electron chi connectivity index (χ2n) is 7.40. The molecule has 0 aliphatic carbocycles. The predicted molar refractivity (Wildman–Crippen MR) is 122 cm³/mol. The van der Waals surface area contributed by atoms with Crippen LogP contribution in [0.4, 0.5) is 0 Å². The largest absolute Gasteiger partial charge is 0.440 e. The van der Waals surface area contributed by atoms with Crippen molar-refractivity contribution in [3.63, 3.8) is 0 Å². The fourth-order valence-corrected chi connectivity index (χ4v) is 2.75. The molecule has 172 valence electrons. The van der Waals surface area contributed by atoms with Crippen molar-refractivity contribution >= 4 is 11.9 Å². The van der Waals surface area contributed by atoms with E-state index in [1.165, 1.54) is 51.4 Å². The normalized spacial score (nSPS) is 13.9. The lowest BCUT2D eigenvalue weighted by molar-refractivity contribution is -0.143. The predicted octanol–water partition coefficient (Wildman–Crippen LogP) is 5.03. The first-order chi connectivity index (χ1) is 14.5. The molecule has 0 aromatic heterocycles. The number of rotatable bonds is 18. The van der Waals surface area contributed by atoms with Crippen molar-refractivity contribution in [2.24, 2.45) is 11.5 Å². The van der Waals surface area contributed by atoms with Gasteiger partial charge in [0.25, 0.3) is 0 Å². The minimum Gasteiger partial charge on any atom is -0.440 e. The van der Waals surface area contributed by atoms with E-state index < -0.39 is 24.4 Å². The van der Waals surface area contributed by atoms with E-state index in [4.69, 9.17) is 20.9 Å². The third-order valence-electron chi connectivity index (χ3n) is 4.46. The Labute approximate surface area is 182 Å². The summed E-state index contributed by atoms with van der Waals surface area (Å²) in [4.78, 5) is 23.4. The van der Waals surface area contributed by atoms with Crippen LogP contribution in [0, 0.1) is 0 Å². The summed E-state index contributed by atoms with van der Waals surface area (Å²) in [7, 11) is 0. The van der Waals surface area contributed by atoms with Gasteiger partial charge >= 0.3 is 11.9 Å². The Bertz CT molecular complexity index is 483. The molecule has 0 saturated carbocycles. The number of ether oxygens (including phenoxy) is 2. The first kappa shape index (κ1) is 28.1. The van der Waals surface area contributed by atoms with Gasteiger partial charge in [0.05, 0.1) is 0 Å². The molecule has 6 nitrogen and oxygen atoms in total. The van der Waals surface area contributed by atoms with Crippen LogP contribution in [0.5, 0.6) is 0 Å². The highest BCUT2D eigenvalue weighted by molar-refractivity contribution is 5.91. The number of carbonyl (C=O) groups excluding carboxylic acids is 2. The van der Waals surface area contributed by atoms with Crippen LogP contribution in [0.1, 0.15) is 90.9 Å². The molecule has 0 heterocycles.